The third-order valence-corrected chi connectivity index (χ3v) is 5.76. The average molecular weight is 387 g/mol. The number of nitrogens with two attached hydrogens (primary N) is 2. The van der Waals surface area contributed by atoms with Crippen LogP contribution in [0.15, 0.2) is 57.7 Å². The van der Waals surface area contributed by atoms with Gasteiger partial charge in [0.25, 0.3) is 0 Å². The molecule has 2 atom stereocenters. The number of hydrogen-bond acceptors (Lipinski definition) is 4. The highest BCUT2D eigenvalue weighted by Gasteiger charge is 2.39. The number of Topliss-reactive ketones (excluding diaryl/α,β-unsaturated/α-hetero) is 2. The van der Waals surface area contributed by atoms with Gasteiger partial charge in [-0.3, -0.25) is 14.4 Å². The number of ketones is 2. The summed E-state index contributed by atoms with van der Waals surface area (Å²) < 4.78 is 0. The first kappa shape index (κ1) is 19.5. The van der Waals surface area contributed by atoms with Crippen LogP contribution in [0.2, 0.25) is 0 Å². The summed E-state index contributed by atoms with van der Waals surface area (Å²) in [6.45, 7) is 0. The molecule has 0 bridgehead atoms. The van der Waals surface area contributed by atoms with Crippen LogP contribution in [0.5, 0.6) is 0 Å². The maximum Gasteiger partial charge on any atom is 0.244 e. The second-order valence-electron chi connectivity index (χ2n) is 7.14. The van der Waals surface area contributed by atoms with Crippen LogP contribution in [0.3, 0.4) is 0 Å². The van der Waals surface area contributed by atoms with E-state index >= 15 is 0 Å². The molecule has 0 saturated carbocycles. The van der Waals surface area contributed by atoms with Crippen molar-refractivity contribution >= 4 is 29.1 Å². The molecule has 0 radical (unpaired) electrons. The molecular weight excluding hydrogens is 364 g/mol. The second-order valence-corrected chi connectivity index (χ2v) is 7.52. The van der Waals surface area contributed by atoms with Crippen molar-refractivity contribution in [1.29, 1.82) is 0 Å². The molecule has 5 nitrogen and oxygen atoms in total. The third-order valence-electron chi connectivity index (χ3n) is 5.37. The van der Waals surface area contributed by atoms with E-state index in [-0.39, 0.29) is 28.1 Å². The second kappa shape index (κ2) is 8.19. The van der Waals surface area contributed by atoms with E-state index in [9.17, 15) is 14.4 Å². The van der Waals surface area contributed by atoms with Crippen LogP contribution in [0.4, 0.5) is 0 Å². The number of primary amides is 1. The van der Waals surface area contributed by atoms with Gasteiger partial charge in [0, 0.05) is 22.8 Å². The molecule has 1 amide bonds. The first-order valence-corrected chi connectivity index (χ1v) is 9.57. The van der Waals surface area contributed by atoms with Crippen LogP contribution >= 0.6 is 11.6 Å². The monoisotopic (exact) mass is 386 g/mol. The van der Waals surface area contributed by atoms with Crippen molar-refractivity contribution in [2.24, 2.45) is 17.4 Å². The number of hydrogen-bond donors (Lipinski definition) is 2. The minimum absolute atomic E-state index is 0.00383. The van der Waals surface area contributed by atoms with Crippen molar-refractivity contribution in [3.63, 3.8) is 0 Å². The van der Waals surface area contributed by atoms with Crippen molar-refractivity contribution in [3.8, 4) is 0 Å². The number of rotatable bonds is 6. The highest BCUT2D eigenvalue weighted by Crippen LogP contribution is 2.36. The third kappa shape index (κ3) is 4.04. The molecule has 4 N–H and O–H groups in total. The molecule has 0 fully saturated rings. The molecule has 142 valence electrons. The van der Waals surface area contributed by atoms with Gasteiger partial charge in [-0.2, -0.15) is 0 Å². The van der Waals surface area contributed by atoms with Gasteiger partial charge in [0.2, 0.25) is 5.91 Å². The van der Waals surface area contributed by atoms with Gasteiger partial charge in [0.1, 0.15) is 0 Å². The molecule has 0 aliphatic heterocycles. The Kier molecular flexibility index (Phi) is 5.92. The number of halogens is 1. The summed E-state index contributed by atoms with van der Waals surface area (Å²) in [7, 11) is 0. The number of allylic oxidation sites excluding steroid dienone is 8. The first-order valence-electron chi connectivity index (χ1n) is 9.19. The quantitative estimate of drug-likeness (QED) is 0.732. The number of fused-ring (bicyclic) bond motifs is 1. The smallest absolute Gasteiger partial charge is 0.244 e. The Morgan fingerprint density at radius 2 is 2.00 bits per heavy atom. The van der Waals surface area contributed by atoms with E-state index in [0.717, 1.165) is 19.3 Å². The minimum Gasteiger partial charge on any atom is -0.366 e. The van der Waals surface area contributed by atoms with Gasteiger partial charge in [-0.15, -0.1) is 0 Å². The first-order chi connectivity index (χ1) is 12.9. The largest absolute Gasteiger partial charge is 0.366 e. The average Bonchev–Trinajstić information content (AvgIpc) is 2.67. The van der Waals surface area contributed by atoms with E-state index in [1.807, 2.05) is 12.2 Å². The fraction of sp³-hybridized carbons (Fsp3) is 0.381. The standard InChI is InChI=1S/C21H23ClN2O3/c22-18-17(19(25)14-5-1-2-6-15(14)20(18)26)16(23)7-3-4-12-8-10-13(11-9-12)21(24)27/h1-2,5,8,10,15-16H,3-4,6-7,9,11,23H2,(H2,24,27). The topological polar surface area (TPSA) is 103 Å². The zero-order valence-electron chi connectivity index (χ0n) is 15.0. The Morgan fingerprint density at radius 1 is 1.22 bits per heavy atom. The van der Waals surface area contributed by atoms with Crippen molar-refractivity contribution in [1.82, 2.24) is 0 Å². The van der Waals surface area contributed by atoms with Gasteiger partial charge in [0.05, 0.1) is 11.0 Å². The molecular formula is C21H23ClN2O3. The maximum absolute atomic E-state index is 12.8. The Labute approximate surface area is 163 Å². The van der Waals surface area contributed by atoms with E-state index in [0.29, 0.717) is 30.4 Å². The number of carbonyl (C=O) groups excluding carboxylic acids is 3. The maximum atomic E-state index is 12.8. The summed E-state index contributed by atoms with van der Waals surface area (Å²) in [6, 6.07) is -0.567. The zero-order valence-corrected chi connectivity index (χ0v) is 15.8. The zero-order chi connectivity index (χ0) is 19.6. The van der Waals surface area contributed by atoms with Crippen molar-refractivity contribution in [2.75, 3.05) is 0 Å². The van der Waals surface area contributed by atoms with Crippen LogP contribution in [0, 0.1) is 5.92 Å². The molecule has 0 saturated heterocycles. The predicted molar refractivity (Wildman–Crippen MR) is 105 cm³/mol. The van der Waals surface area contributed by atoms with Gasteiger partial charge in [-0.1, -0.05) is 47.6 Å². The molecule has 3 rings (SSSR count). The van der Waals surface area contributed by atoms with Gasteiger partial charge in [0.15, 0.2) is 11.6 Å². The molecule has 0 aromatic carbocycles. The fourth-order valence-electron chi connectivity index (χ4n) is 3.77. The molecule has 3 aliphatic carbocycles. The van der Waals surface area contributed by atoms with E-state index in [2.05, 4.69) is 0 Å². The van der Waals surface area contributed by atoms with E-state index in [1.165, 1.54) is 5.57 Å². The van der Waals surface area contributed by atoms with Gasteiger partial charge < -0.3 is 11.5 Å². The van der Waals surface area contributed by atoms with Gasteiger partial charge >= 0.3 is 0 Å². The lowest BCUT2D eigenvalue weighted by atomic mass is 9.76. The molecule has 0 heterocycles. The molecule has 0 aromatic heterocycles. The Hall–Kier alpha value is -2.24. The Balaban J connectivity index is 1.64. The summed E-state index contributed by atoms with van der Waals surface area (Å²) in [5.74, 6) is -1.26. The van der Waals surface area contributed by atoms with E-state index in [4.69, 9.17) is 23.1 Å². The Morgan fingerprint density at radius 3 is 2.67 bits per heavy atom. The highest BCUT2D eigenvalue weighted by atomic mass is 35.5. The Bertz CT molecular complexity index is 845. The molecule has 0 aromatic rings. The van der Waals surface area contributed by atoms with Crippen molar-refractivity contribution in [2.45, 2.75) is 44.6 Å². The minimum atomic E-state index is -0.567. The summed E-state index contributed by atoms with van der Waals surface area (Å²) in [6.07, 6.45) is 13.2. The van der Waals surface area contributed by atoms with Crippen LogP contribution in [-0.2, 0) is 14.4 Å². The van der Waals surface area contributed by atoms with Gasteiger partial charge in [-0.05, 0) is 38.5 Å². The SMILES string of the molecule is NC(=O)C1=CC=C(CCCC(N)C2=C(Cl)C(=O)C3CC=CC=C3C2=O)CC1. The van der Waals surface area contributed by atoms with Crippen molar-refractivity contribution < 1.29 is 14.4 Å². The van der Waals surface area contributed by atoms with Crippen LogP contribution in [-0.4, -0.2) is 23.5 Å². The molecule has 6 heteroatoms. The highest BCUT2D eigenvalue weighted by molar-refractivity contribution is 6.47. The van der Waals surface area contributed by atoms with Crippen LogP contribution in [0.25, 0.3) is 0 Å². The fourth-order valence-corrected chi connectivity index (χ4v) is 4.13. The van der Waals surface area contributed by atoms with Crippen LogP contribution < -0.4 is 11.5 Å². The summed E-state index contributed by atoms with van der Waals surface area (Å²) >= 11 is 6.23. The number of carbonyl (C=O) groups is 3. The molecule has 0 spiro atoms. The van der Waals surface area contributed by atoms with Crippen molar-refractivity contribution in [3.05, 3.63) is 57.7 Å². The predicted octanol–water partition coefficient (Wildman–Crippen LogP) is 2.76. The molecule has 27 heavy (non-hydrogen) atoms. The van der Waals surface area contributed by atoms with Crippen LogP contribution in [0.1, 0.15) is 38.5 Å². The van der Waals surface area contributed by atoms with E-state index < -0.39 is 12.0 Å². The summed E-state index contributed by atoms with van der Waals surface area (Å²) in [4.78, 5) is 36.4. The van der Waals surface area contributed by atoms with Gasteiger partial charge in [-0.25, -0.2) is 0 Å². The normalized spacial score (nSPS) is 23.5. The lowest BCUT2D eigenvalue weighted by Gasteiger charge is -2.28. The lowest BCUT2D eigenvalue weighted by Crippen LogP contribution is -2.38. The number of amides is 1. The summed E-state index contributed by atoms with van der Waals surface area (Å²) in [5, 5.41) is -0.00383. The molecule has 3 aliphatic rings. The summed E-state index contributed by atoms with van der Waals surface area (Å²) in [5.41, 5.74) is 14.1. The molecule has 2 unspecified atom stereocenters. The van der Waals surface area contributed by atoms with E-state index in [1.54, 1.807) is 18.2 Å². The lowest BCUT2D eigenvalue weighted by molar-refractivity contribution is -0.122.